The molecule has 3 rings (SSSR count). The van der Waals surface area contributed by atoms with Crippen LogP contribution in [-0.4, -0.2) is 23.5 Å². The second kappa shape index (κ2) is 1.51. The van der Waals surface area contributed by atoms with Gasteiger partial charge in [0.1, 0.15) is 6.10 Å². The van der Waals surface area contributed by atoms with E-state index in [-0.39, 0.29) is 17.9 Å². The summed E-state index contributed by atoms with van der Waals surface area (Å²) >= 11 is 0. The number of hydrogen-bond donors (Lipinski definition) is 1. The van der Waals surface area contributed by atoms with E-state index in [2.05, 4.69) is 5.32 Å². The lowest BCUT2D eigenvalue weighted by molar-refractivity contribution is -0.126. The van der Waals surface area contributed by atoms with Crippen molar-refractivity contribution >= 4 is 11.8 Å². The summed E-state index contributed by atoms with van der Waals surface area (Å²) < 4.78 is 5.18. The third-order valence-electron chi connectivity index (χ3n) is 2.41. The lowest BCUT2D eigenvalue weighted by Crippen LogP contribution is -2.29. The Morgan fingerprint density at radius 3 is 3.08 bits per heavy atom. The van der Waals surface area contributed by atoms with Crippen LogP contribution in [0.5, 0.6) is 0 Å². The number of hydrogen-bond acceptors (Lipinski definition) is 3. The maximum absolute atomic E-state index is 11.3. The normalized spacial score (nSPS) is 41.7. The van der Waals surface area contributed by atoms with E-state index >= 15 is 0 Å². The molecule has 60 valence electrons. The number of epoxide rings is 1. The van der Waals surface area contributed by atoms with Crippen molar-refractivity contribution in [2.24, 2.45) is 0 Å². The van der Waals surface area contributed by atoms with E-state index < -0.39 is 5.60 Å². The first-order valence-corrected chi connectivity index (χ1v) is 3.68. The Bertz CT molecular complexity index is 368. The standard InChI is InChI=1S/C8H5NO3/c10-6-4-2-1-3-5-8(4,12-5)7(11)9-6/h1-3,5H,(H,9,10,11). The minimum atomic E-state index is -0.939. The summed E-state index contributed by atoms with van der Waals surface area (Å²) in [5.41, 5.74) is -0.494. The van der Waals surface area contributed by atoms with E-state index in [9.17, 15) is 9.59 Å². The van der Waals surface area contributed by atoms with E-state index in [1.165, 1.54) is 0 Å². The van der Waals surface area contributed by atoms with Gasteiger partial charge in [-0.25, -0.2) is 0 Å². The molecule has 1 spiro atoms. The SMILES string of the molecule is O=C1NC(=O)C23OC2C=CC=C13. The highest BCUT2D eigenvalue weighted by atomic mass is 16.6. The fourth-order valence-corrected chi connectivity index (χ4v) is 1.75. The van der Waals surface area contributed by atoms with Gasteiger partial charge in [-0.05, 0) is 0 Å². The zero-order valence-electron chi connectivity index (χ0n) is 6.03. The second-order valence-corrected chi connectivity index (χ2v) is 3.02. The van der Waals surface area contributed by atoms with Crippen LogP contribution in [0.25, 0.3) is 0 Å². The quantitative estimate of drug-likeness (QED) is 0.378. The highest BCUT2D eigenvalue weighted by molar-refractivity contribution is 6.21. The molecular weight excluding hydrogens is 158 g/mol. The molecule has 0 aromatic heterocycles. The zero-order valence-corrected chi connectivity index (χ0v) is 6.03. The first-order chi connectivity index (χ1) is 5.75. The van der Waals surface area contributed by atoms with Crippen LogP contribution >= 0.6 is 0 Å². The predicted molar refractivity (Wildman–Crippen MR) is 38.0 cm³/mol. The molecule has 2 unspecified atom stereocenters. The molecule has 0 saturated carbocycles. The van der Waals surface area contributed by atoms with Gasteiger partial charge < -0.3 is 4.74 Å². The summed E-state index contributed by atoms with van der Waals surface area (Å²) in [6.45, 7) is 0. The molecule has 2 amide bonds. The van der Waals surface area contributed by atoms with Crippen molar-refractivity contribution < 1.29 is 14.3 Å². The van der Waals surface area contributed by atoms with Gasteiger partial charge in [-0.1, -0.05) is 18.2 Å². The number of imide groups is 1. The zero-order chi connectivity index (χ0) is 8.34. The molecule has 3 aliphatic rings. The van der Waals surface area contributed by atoms with Gasteiger partial charge in [-0.3, -0.25) is 14.9 Å². The highest BCUT2D eigenvalue weighted by Crippen LogP contribution is 2.48. The molecule has 2 saturated heterocycles. The minimum absolute atomic E-state index is 0.219. The van der Waals surface area contributed by atoms with Gasteiger partial charge >= 0.3 is 0 Å². The van der Waals surface area contributed by atoms with Crippen LogP contribution < -0.4 is 5.32 Å². The number of nitrogens with one attached hydrogen (secondary N) is 1. The van der Waals surface area contributed by atoms with Crippen LogP contribution in [0.1, 0.15) is 0 Å². The Labute approximate surface area is 67.9 Å². The van der Waals surface area contributed by atoms with E-state index in [1.807, 2.05) is 0 Å². The van der Waals surface area contributed by atoms with Crippen LogP contribution in [0.2, 0.25) is 0 Å². The molecule has 4 nitrogen and oxygen atoms in total. The van der Waals surface area contributed by atoms with Gasteiger partial charge in [0, 0.05) is 0 Å². The maximum atomic E-state index is 11.3. The minimum Gasteiger partial charge on any atom is -0.346 e. The van der Waals surface area contributed by atoms with Crippen molar-refractivity contribution in [2.45, 2.75) is 11.7 Å². The fraction of sp³-hybridized carbons (Fsp3) is 0.250. The molecule has 4 heteroatoms. The third kappa shape index (κ3) is 0.437. The van der Waals surface area contributed by atoms with Crippen molar-refractivity contribution in [1.29, 1.82) is 0 Å². The molecule has 2 fully saturated rings. The van der Waals surface area contributed by atoms with Gasteiger partial charge in [-0.2, -0.15) is 0 Å². The molecule has 12 heavy (non-hydrogen) atoms. The average molecular weight is 163 g/mol. The Morgan fingerprint density at radius 1 is 1.50 bits per heavy atom. The molecule has 0 radical (unpaired) electrons. The molecule has 2 heterocycles. The van der Waals surface area contributed by atoms with Crippen molar-refractivity contribution in [3.63, 3.8) is 0 Å². The summed E-state index contributed by atoms with van der Waals surface area (Å²) in [7, 11) is 0. The largest absolute Gasteiger partial charge is 0.346 e. The molecule has 0 bridgehead atoms. The predicted octanol–water partition coefficient (Wildman–Crippen LogP) is -0.723. The first-order valence-electron chi connectivity index (χ1n) is 3.68. The molecule has 2 atom stereocenters. The van der Waals surface area contributed by atoms with Crippen LogP contribution in [-0.2, 0) is 14.3 Å². The topological polar surface area (TPSA) is 58.7 Å². The van der Waals surface area contributed by atoms with Gasteiger partial charge in [-0.15, -0.1) is 0 Å². The lowest BCUT2D eigenvalue weighted by atomic mass is 9.93. The summed E-state index contributed by atoms with van der Waals surface area (Å²) in [5.74, 6) is -0.653. The number of allylic oxidation sites excluding steroid dienone is 2. The molecule has 0 aromatic rings. The fourth-order valence-electron chi connectivity index (χ4n) is 1.75. The van der Waals surface area contributed by atoms with Crippen molar-refractivity contribution in [3.8, 4) is 0 Å². The summed E-state index contributed by atoms with van der Waals surface area (Å²) in [6.07, 6.45) is 4.93. The lowest BCUT2D eigenvalue weighted by Gasteiger charge is -2.01. The molecule has 1 N–H and O–H groups in total. The number of amides is 2. The van der Waals surface area contributed by atoms with Gasteiger partial charge in [0.15, 0.2) is 0 Å². The summed E-state index contributed by atoms with van der Waals surface area (Å²) in [5, 5.41) is 2.23. The number of carbonyl (C=O) groups is 2. The second-order valence-electron chi connectivity index (χ2n) is 3.02. The van der Waals surface area contributed by atoms with Crippen molar-refractivity contribution in [1.82, 2.24) is 5.32 Å². The smallest absolute Gasteiger partial charge is 0.267 e. The Hall–Kier alpha value is -1.42. The Kier molecular flexibility index (Phi) is 0.774. The van der Waals surface area contributed by atoms with E-state index in [0.717, 1.165) is 0 Å². The highest BCUT2D eigenvalue weighted by Gasteiger charge is 2.70. The van der Waals surface area contributed by atoms with Gasteiger partial charge in [0.2, 0.25) is 5.60 Å². The van der Waals surface area contributed by atoms with Gasteiger partial charge in [0.25, 0.3) is 11.8 Å². The van der Waals surface area contributed by atoms with Crippen LogP contribution in [0.4, 0.5) is 0 Å². The maximum Gasteiger partial charge on any atom is 0.267 e. The van der Waals surface area contributed by atoms with E-state index in [4.69, 9.17) is 4.74 Å². The molecule has 0 aromatic carbocycles. The number of ether oxygens (including phenoxy) is 1. The first kappa shape index (κ1) is 6.14. The summed E-state index contributed by atoms with van der Waals surface area (Å²) in [6, 6.07) is 0. The van der Waals surface area contributed by atoms with E-state index in [0.29, 0.717) is 5.57 Å². The molecule has 1 aliphatic carbocycles. The Balaban J connectivity index is 2.22. The number of carbonyl (C=O) groups excluding carboxylic acids is 2. The Morgan fingerprint density at radius 2 is 2.33 bits per heavy atom. The van der Waals surface area contributed by atoms with Crippen molar-refractivity contribution in [2.75, 3.05) is 0 Å². The number of rotatable bonds is 0. The van der Waals surface area contributed by atoms with Crippen molar-refractivity contribution in [3.05, 3.63) is 23.8 Å². The van der Waals surface area contributed by atoms with Crippen LogP contribution in [0.15, 0.2) is 23.8 Å². The van der Waals surface area contributed by atoms with E-state index in [1.54, 1.807) is 18.2 Å². The molecular formula is C8H5NO3. The molecule has 2 aliphatic heterocycles. The van der Waals surface area contributed by atoms with Crippen LogP contribution in [0, 0.1) is 0 Å². The van der Waals surface area contributed by atoms with Crippen LogP contribution in [0.3, 0.4) is 0 Å². The third-order valence-corrected chi connectivity index (χ3v) is 2.41. The average Bonchev–Trinajstić information content (AvgIpc) is 2.72. The monoisotopic (exact) mass is 163 g/mol. The summed E-state index contributed by atoms with van der Waals surface area (Å²) in [4.78, 5) is 22.4. The van der Waals surface area contributed by atoms with Gasteiger partial charge in [0.05, 0.1) is 5.57 Å².